The second-order valence-electron chi connectivity index (χ2n) is 5.98. The van der Waals surface area contributed by atoms with Gasteiger partial charge in [-0.2, -0.15) is 0 Å². The molecule has 0 bridgehead atoms. The lowest BCUT2D eigenvalue weighted by molar-refractivity contribution is -0.127. The lowest BCUT2D eigenvalue weighted by Crippen LogP contribution is -2.26. The Balaban J connectivity index is 1.85. The van der Waals surface area contributed by atoms with Crippen LogP contribution in [0.25, 0.3) is 0 Å². The van der Waals surface area contributed by atoms with Crippen LogP contribution >= 0.6 is 0 Å². The van der Waals surface area contributed by atoms with Gasteiger partial charge in [-0.3, -0.25) is 4.79 Å². The number of aromatic nitrogens is 1. The van der Waals surface area contributed by atoms with E-state index in [1.54, 1.807) is 24.3 Å². The Morgan fingerprint density at radius 3 is 2.43 bits per heavy atom. The van der Waals surface area contributed by atoms with E-state index in [1.807, 2.05) is 26.0 Å². The SMILES string of the molecule is Cc1cc(C(=O)OC(C(N)=O)c2ccccc2)c(C)n1C1CC1. The molecule has 2 aromatic rings. The summed E-state index contributed by atoms with van der Waals surface area (Å²) in [6.45, 7) is 3.88. The van der Waals surface area contributed by atoms with Gasteiger partial charge in [-0.1, -0.05) is 30.3 Å². The fourth-order valence-electron chi connectivity index (χ4n) is 2.97. The summed E-state index contributed by atoms with van der Waals surface area (Å²) >= 11 is 0. The number of primary amides is 1. The molecule has 1 fully saturated rings. The van der Waals surface area contributed by atoms with Crippen molar-refractivity contribution in [3.05, 3.63) is 58.9 Å². The van der Waals surface area contributed by atoms with Crippen LogP contribution < -0.4 is 5.73 Å². The monoisotopic (exact) mass is 312 g/mol. The lowest BCUT2D eigenvalue weighted by atomic mass is 10.1. The van der Waals surface area contributed by atoms with Gasteiger partial charge in [0, 0.05) is 23.0 Å². The standard InChI is InChI=1S/C18H20N2O3/c1-11-10-15(12(2)20(11)14-8-9-14)18(22)23-16(17(19)21)13-6-4-3-5-7-13/h3-7,10,14,16H,8-9H2,1-2H3,(H2,19,21). The van der Waals surface area contributed by atoms with Crippen LogP contribution in [0.15, 0.2) is 36.4 Å². The van der Waals surface area contributed by atoms with Gasteiger partial charge in [-0.15, -0.1) is 0 Å². The molecule has 0 spiro atoms. The molecule has 5 nitrogen and oxygen atoms in total. The minimum absolute atomic E-state index is 0.484. The van der Waals surface area contributed by atoms with Crippen molar-refractivity contribution in [2.45, 2.75) is 38.8 Å². The van der Waals surface area contributed by atoms with Gasteiger partial charge in [0.1, 0.15) is 0 Å². The van der Waals surface area contributed by atoms with Crippen molar-refractivity contribution in [1.29, 1.82) is 0 Å². The summed E-state index contributed by atoms with van der Waals surface area (Å²) in [6, 6.07) is 11.1. The molecule has 0 saturated heterocycles. The third kappa shape index (κ3) is 2.99. The molecule has 5 heteroatoms. The number of aryl methyl sites for hydroxylation is 1. The highest BCUT2D eigenvalue weighted by atomic mass is 16.5. The zero-order valence-electron chi connectivity index (χ0n) is 13.3. The van der Waals surface area contributed by atoms with Crippen LogP contribution in [0.4, 0.5) is 0 Å². The van der Waals surface area contributed by atoms with Gasteiger partial charge >= 0.3 is 5.97 Å². The topological polar surface area (TPSA) is 74.3 Å². The minimum Gasteiger partial charge on any atom is -0.444 e. The molecule has 1 atom stereocenters. The van der Waals surface area contributed by atoms with Gasteiger partial charge in [-0.05, 0) is 32.8 Å². The number of nitrogens with zero attached hydrogens (tertiary/aromatic N) is 1. The Labute approximate surface area is 135 Å². The summed E-state index contributed by atoms with van der Waals surface area (Å²) in [5.41, 5.74) is 8.39. The molecule has 0 aliphatic heterocycles. The molecular formula is C18H20N2O3. The number of ether oxygens (including phenoxy) is 1. The summed E-state index contributed by atoms with van der Waals surface area (Å²) in [7, 11) is 0. The van der Waals surface area contributed by atoms with Crippen molar-refractivity contribution in [3.8, 4) is 0 Å². The third-order valence-corrected chi connectivity index (χ3v) is 4.20. The van der Waals surface area contributed by atoms with E-state index >= 15 is 0 Å². The number of hydrogen-bond acceptors (Lipinski definition) is 3. The molecule has 1 aromatic carbocycles. The third-order valence-electron chi connectivity index (χ3n) is 4.20. The van der Waals surface area contributed by atoms with E-state index in [0.717, 1.165) is 24.2 Å². The number of rotatable bonds is 5. The highest BCUT2D eigenvalue weighted by Crippen LogP contribution is 2.38. The van der Waals surface area contributed by atoms with Crippen molar-refractivity contribution in [1.82, 2.24) is 4.57 Å². The van der Waals surface area contributed by atoms with Crippen LogP contribution in [-0.2, 0) is 9.53 Å². The number of hydrogen-bond donors (Lipinski definition) is 1. The molecule has 3 rings (SSSR count). The first-order valence-corrected chi connectivity index (χ1v) is 7.72. The van der Waals surface area contributed by atoms with Gasteiger partial charge in [0.05, 0.1) is 5.56 Å². The highest BCUT2D eigenvalue weighted by Gasteiger charge is 2.30. The molecule has 1 heterocycles. The first-order chi connectivity index (χ1) is 11.0. The van der Waals surface area contributed by atoms with Gasteiger partial charge < -0.3 is 15.0 Å². The van der Waals surface area contributed by atoms with Gasteiger partial charge in [0.25, 0.3) is 5.91 Å². The summed E-state index contributed by atoms with van der Waals surface area (Å²) in [5, 5.41) is 0. The first-order valence-electron chi connectivity index (χ1n) is 7.72. The quantitative estimate of drug-likeness (QED) is 0.863. The lowest BCUT2D eigenvalue weighted by Gasteiger charge is -2.15. The van der Waals surface area contributed by atoms with E-state index in [4.69, 9.17) is 10.5 Å². The molecule has 1 aliphatic rings. The van der Waals surface area contributed by atoms with Crippen LogP contribution in [0.2, 0.25) is 0 Å². The van der Waals surface area contributed by atoms with Crippen LogP contribution in [-0.4, -0.2) is 16.4 Å². The number of nitrogens with two attached hydrogens (primary N) is 1. The predicted octanol–water partition coefficient (Wildman–Crippen LogP) is 2.82. The summed E-state index contributed by atoms with van der Waals surface area (Å²) in [6.07, 6.45) is 1.20. The number of carbonyl (C=O) groups excluding carboxylic acids is 2. The molecule has 0 radical (unpaired) electrons. The smallest absolute Gasteiger partial charge is 0.341 e. The minimum atomic E-state index is -1.08. The summed E-state index contributed by atoms with van der Waals surface area (Å²) in [5.74, 6) is -1.20. The van der Waals surface area contributed by atoms with Crippen LogP contribution in [0.5, 0.6) is 0 Å². The molecule has 2 N–H and O–H groups in total. The van der Waals surface area contributed by atoms with Crippen LogP contribution in [0.1, 0.15) is 52.3 Å². The van der Waals surface area contributed by atoms with E-state index in [0.29, 0.717) is 17.2 Å². The molecule has 1 aromatic heterocycles. The maximum Gasteiger partial charge on any atom is 0.341 e. The van der Waals surface area contributed by atoms with Crippen LogP contribution in [0, 0.1) is 13.8 Å². The van der Waals surface area contributed by atoms with E-state index in [1.165, 1.54) is 0 Å². The normalized spacial score (nSPS) is 15.2. The van der Waals surface area contributed by atoms with Crippen LogP contribution in [0.3, 0.4) is 0 Å². The molecular weight excluding hydrogens is 292 g/mol. The second kappa shape index (κ2) is 5.91. The number of esters is 1. The summed E-state index contributed by atoms with van der Waals surface area (Å²) in [4.78, 5) is 24.2. The fourth-order valence-corrected chi connectivity index (χ4v) is 2.97. The highest BCUT2D eigenvalue weighted by molar-refractivity contribution is 5.93. The van der Waals surface area contributed by atoms with E-state index in [2.05, 4.69) is 4.57 Å². The molecule has 1 saturated carbocycles. The van der Waals surface area contributed by atoms with Gasteiger partial charge in [0.15, 0.2) is 0 Å². The van der Waals surface area contributed by atoms with E-state index in [-0.39, 0.29) is 0 Å². The second-order valence-corrected chi connectivity index (χ2v) is 5.98. The Kier molecular flexibility index (Phi) is 3.94. The van der Waals surface area contributed by atoms with Crippen molar-refractivity contribution in [2.75, 3.05) is 0 Å². The number of amides is 1. The van der Waals surface area contributed by atoms with Crippen molar-refractivity contribution < 1.29 is 14.3 Å². The maximum atomic E-state index is 12.5. The first kappa shape index (κ1) is 15.3. The Morgan fingerprint density at radius 2 is 1.87 bits per heavy atom. The largest absolute Gasteiger partial charge is 0.444 e. The van der Waals surface area contributed by atoms with Crippen molar-refractivity contribution >= 4 is 11.9 Å². The predicted molar refractivity (Wildman–Crippen MR) is 86.0 cm³/mol. The van der Waals surface area contributed by atoms with Gasteiger partial charge in [0.2, 0.25) is 6.10 Å². The summed E-state index contributed by atoms with van der Waals surface area (Å²) < 4.78 is 7.57. The van der Waals surface area contributed by atoms with Crippen molar-refractivity contribution in [2.24, 2.45) is 5.73 Å². The Morgan fingerprint density at radius 1 is 1.22 bits per heavy atom. The molecule has 1 aliphatic carbocycles. The number of carbonyl (C=O) groups is 2. The van der Waals surface area contributed by atoms with Crippen molar-refractivity contribution in [3.63, 3.8) is 0 Å². The zero-order valence-corrected chi connectivity index (χ0v) is 13.3. The molecule has 1 unspecified atom stereocenters. The van der Waals surface area contributed by atoms with E-state index in [9.17, 15) is 9.59 Å². The van der Waals surface area contributed by atoms with E-state index < -0.39 is 18.0 Å². The van der Waals surface area contributed by atoms with Gasteiger partial charge in [-0.25, -0.2) is 4.79 Å². The maximum absolute atomic E-state index is 12.5. The molecule has 1 amide bonds. The number of benzene rings is 1. The average Bonchev–Trinajstić information content (AvgIpc) is 3.31. The zero-order chi connectivity index (χ0) is 16.6. The average molecular weight is 312 g/mol. The fraction of sp³-hybridized carbons (Fsp3) is 0.333. The molecule has 23 heavy (non-hydrogen) atoms. The Hall–Kier alpha value is -2.56. The molecule has 120 valence electrons. The Bertz CT molecular complexity index is 745.